The van der Waals surface area contributed by atoms with Crippen molar-refractivity contribution in [2.75, 3.05) is 11.9 Å². The Hall–Kier alpha value is -2.56. The highest BCUT2D eigenvalue weighted by atomic mass is 16.2. The number of nitrogens with one attached hydrogen (secondary N) is 3. The Morgan fingerprint density at radius 1 is 1.15 bits per heavy atom. The number of fused-ring (bicyclic) bond motifs is 1. The lowest BCUT2D eigenvalue weighted by molar-refractivity contribution is 0.252. The van der Waals surface area contributed by atoms with Gasteiger partial charge in [0.25, 0.3) is 0 Å². The molecule has 2 aromatic carbocycles. The lowest BCUT2D eigenvalue weighted by Crippen LogP contribution is -2.30. The molecule has 0 fully saturated rings. The van der Waals surface area contributed by atoms with E-state index in [9.17, 15) is 4.79 Å². The third kappa shape index (κ3) is 3.71. The first-order chi connectivity index (χ1) is 9.66. The van der Waals surface area contributed by atoms with Crippen LogP contribution in [0.1, 0.15) is 12.8 Å². The summed E-state index contributed by atoms with van der Waals surface area (Å²) in [4.78, 5) is 11.8. The van der Waals surface area contributed by atoms with Crippen molar-refractivity contribution in [2.24, 2.45) is 5.73 Å². The van der Waals surface area contributed by atoms with Gasteiger partial charge in [0, 0.05) is 18.4 Å². The molecule has 20 heavy (non-hydrogen) atoms. The largest absolute Gasteiger partial charge is 0.388 e. The van der Waals surface area contributed by atoms with Gasteiger partial charge in [-0.2, -0.15) is 0 Å². The molecule has 0 unspecified atom stereocenters. The fraction of sp³-hybridized carbons (Fsp3) is 0.200. The molecular weight excluding hydrogens is 252 g/mol. The van der Waals surface area contributed by atoms with Gasteiger partial charge in [-0.25, -0.2) is 4.79 Å². The molecule has 0 atom stereocenters. The van der Waals surface area contributed by atoms with E-state index in [-0.39, 0.29) is 11.9 Å². The van der Waals surface area contributed by atoms with Crippen LogP contribution < -0.4 is 16.4 Å². The molecule has 0 aromatic heterocycles. The fourth-order valence-electron chi connectivity index (χ4n) is 1.98. The van der Waals surface area contributed by atoms with Crippen LogP contribution in [0.4, 0.5) is 10.5 Å². The van der Waals surface area contributed by atoms with Crippen molar-refractivity contribution >= 4 is 28.3 Å². The van der Waals surface area contributed by atoms with Crippen molar-refractivity contribution < 1.29 is 4.79 Å². The molecule has 0 saturated carbocycles. The minimum atomic E-state index is -0.245. The number of nitrogens with two attached hydrogens (primary N) is 1. The number of carbonyl (C=O) groups excluding carboxylic acids is 1. The molecule has 0 spiro atoms. The van der Waals surface area contributed by atoms with Gasteiger partial charge < -0.3 is 16.4 Å². The molecule has 0 aliphatic carbocycles. The maximum absolute atomic E-state index is 11.8. The number of hydrogen-bond acceptors (Lipinski definition) is 2. The molecule has 2 amide bonds. The lowest BCUT2D eigenvalue weighted by Gasteiger charge is -2.10. The second kappa shape index (κ2) is 6.56. The van der Waals surface area contributed by atoms with Gasteiger partial charge in [0.15, 0.2) is 0 Å². The van der Waals surface area contributed by atoms with Crippen molar-refractivity contribution in [1.29, 1.82) is 5.41 Å². The third-order valence-electron chi connectivity index (χ3n) is 2.95. The fourth-order valence-corrected chi connectivity index (χ4v) is 1.98. The summed E-state index contributed by atoms with van der Waals surface area (Å²) in [5, 5.41) is 14.8. The zero-order valence-electron chi connectivity index (χ0n) is 11.1. The van der Waals surface area contributed by atoms with Gasteiger partial charge in [-0.1, -0.05) is 36.4 Å². The molecule has 0 saturated heterocycles. The van der Waals surface area contributed by atoms with Crippen molar-refractivity contribution in [2.45, 2.75) is 12.8 Å². The summed E-state index contributed by atoms with van der Waals surface area (Å²) in [6.07, 6.45) is 1.16. The Bertz CT molecular complexity index is 619. The topological polar surface area (TPSA) is 91.0 Å². The molecule has 5 heteroatoms. The molecule has 5 nitrogen and oxygen atoms in total. The van der Waals surface area contributed by atoms with Gasteiger partial charge in [-0.3, -0.25) is 5.41 Å². The first-order valence-electron chi connectivity index (χ1n) is 6.52. The Morgan fingerprint density at radius 2 is 1.90 bits per heavy atom. The van der Waals surface area contributed by atoms with Crippen LogP contribution in [-0.2, 0) is 0 Å². The Kier molecular flexibility index (Phi) is 4.55. The summed E-state index contributed by atoms with van der Waals surface area (Å²) in [6, 6.07) is 13.4. The number of rotatable bonds is 5. The van der Waals surface area contributed by atoms with Crippen LogP contribution in [-0.4, -0.2) is 18.4 Å². The van der Waals surface area contributed by atoms with E-state index in [0.717, 1.165) is 16.5 Å². The molecular formula is C15H18N4O. The molecule has 0 aliphatic heterocycles. The third-order valence-corrected chi connectivity index (χ3v) is 2.95. The van der Waals surface area contributed by atoms with E-state index < -0.39 is 0 Å². The Balaban J connectivity index is 1.94. The molecule has 2 aromatic rings. The average molecular weight is 270 g/mol. The van der Waals surface area contributed by atoms with Gasteiger partial charge in [0.2, 0.25) is 0 Å². The highest BCUT2D eigenvalue weighted by molar-refractivity contribution is 6.01. The maximum Gasteiger partial charge on any atom is 0.319 e. The second-order valence-electron chi connectivity index (χ2n) is 4.54. The Labute approximate surface area is 117 Å². The van der Waals surface area contributed by atoms with E-state index in [2.05, 4.69) is 10.6 Å². The first kappa shape index (κ1) is 13.9. The zero-order chi connectivity index (χ0) is 14.4. The van der Waals surface area contributed by atoms with Gasteiger partial charge in [-0.15, -0.1) is 0 Å². The predicted octanol–water partition coefficient (Wildman–Crippen LogP) is 2.68. The normalized spacial score (nSPS) is 10.2. The summed E-state index contributed by atoms with van der Waals surface area (Å²) in [7, 11) is 0. The van der Waals surface area contributed by atoms with Gasteiger partial charge in [0.1, 0.15) is 0 Å². The minimum absolute atomic E-state index is 0.140. The van der Waals surface area contributed by atoms with Crippen LogP contribution in [0.3, 0.4) is 0 Å². The lowest BCUT2D eigenvalue weighted by atomic mass is 10.1. The molecule has 0 aliphatic rings. The number of amides is 2. The SMILES string of the molecule is N=C(N)CCCNC(=O)Nc1cccc2ccccc12. The zero-order valence-corrected chi connectivity index (χ0v) is 11.1. The van der Waals surface area contributed by atoms with Crippen LogP contribution >= 0.6 is 0 Å². The van der Waals surface area contributed by atoms with Crippen LogP contribution in [0, 0.1) is 5.41 Å². The van der Waals surface area contributed by atoms with E-state index >= 15 is 0 Å². The van der Waals surface area contributed by atoms with Crippen LogP contribution in [0.2, 0.25) is 0 Å². The van der Waals surface area contributed by atoms with Gasteiger partial charge in [-0.05, 0) is 17.9 Å². The summed E-state index contributed by atoms with van der Waals surface area (Å²) in [6.45, 7) is 0.496. The van der Waals surface area contributed by atoms with E-state index in [1.165, 1.54) is 0 Å². The van der Waals surface area contributed by atoms with Crippen LogP contribution in [0.15, 0.2) is 42.5 Å². The van der Waals surface area contributed by atoms with Crippen molar-refractivity contribution in [3.8, 4) is 0 Å². The first-order valence-corrected chi connectivity index (χ1v) is 6.52. The van der Waals surface area contributed by atoms with Gasteiger partial charge >= 0.3 is 6.03 Å². The number of urea groups is 1. The molecule has 0 radical (unpaired) electrons. The van der Waals surface area contributed by atoms with Crippen molar-refractivity contribution in [1.82, 2.24) is 5.32 Å². The second-order valence-corrected chi connectivity index (χ2v) is 4.54. The van der Waals surface area contributed by atoms with Crippen LogP contribution in [0.5, 0.6) is 0 Å². The summed E-state index contributed by atoms with van der Waals surface area (Å²) >= 11 is 0. The number of amidine groups is 1. The Morgan fingerprint density at radius 3 is 2.70 bits per heavy atom. The van der Waals surface area contributed by atoms with E-state index in [1.54, 1.807) is 0 Å². The quantitative estimate of drug-likeness (QED) is 0.382. The number of benzene rings is 2. The number of anilines is 1. The number of carbonyl (C=O) groups is 1. The van der Waals surface area contributed by atoms with Crippen molar-refractivity contribution in [3.05, 3.63) is 42.5 Å². The molecule has 104 valence electrons. The minimum Gasteiger partial charge on any atom is -0.388 e. The summed E-state index contributed by atoms with van der Waals surface area (Å²) in [5.41, 5.74) is 6.03. The molecule has 2 rings (SSSR count). The average Bonchev–Trinajstić information content (AvgIpc) is 2.44. The van der Waals surface area contributed by atoms with Crippen LogP contribution in [0.25, 0.3) is 10.8 Å². The monoisotopic (exact) mass is 270 g/mol. The van der Waals surface area contributed by atoms with Gasteiger partial charge in [0.05, 0.1) is 11.5 Å². The highest BCUT2D eigenvalue weighted by Gasteiger charge is 2.04. The molecule has 0 bridgehead atoms. The van der Waals surface area contributed by atoms with Crippen molar-refractivity contribution in [3.63, 3.8) is 0 Å². The van der Waals surface area contributed by atoms with E-state index in [0.29, 0.717) is 19.4 Å². The van der Waals surface area contributed by atoms with E-state index in [1.807, 2.05) is 42.5 Å². The van der Waals surface area contributed by atoms with E-state index in [4.69, 9.17) is 11.1 Å². The standard InChI is InChI=1S/C15H18N4O/c16-14(17)9-4-10-18-15(20)19-13-8-3-6-11-5-1-2-7-12(11)13/h1-3,5-8H,4,9-10H2,(H3,16,17)(H2,18,19,20). The summed E-state index contributed by atoms with van der Waals surface area (Å²) in [5.74, 6) is 0.140. The smallest absolute Gasteiger partial charge is 0.319 e. The highest BCUT2D eigenvalue weighted by Crippen LogP contribution is 2.22. The molecule has 0 heterocycles. The maximum atomic E-state index is 11.8. The summed E-state index contributed by atoms with van der Waals surface area (Å²) < 4.78 is 0. The number of hydrogen-bond donors (Lipinski definition) is 4. The molecule has 5 N–H and O–H groups in total. The predicted molar refractivity (Wildman–Crippen MR) is 82.1 cm³/mol.